The molecule has 0 spiro atoms. The van der Waals surface area contributed by atoms with Crippen molar-refractivity contribution in [3.8, 4) is 0 Å². The molecule has 1 aromatic heterocycles. The second-order valence-electron chi connectivity index (χ2n) is 4.44. The van der Waals surface area contributed by atoms with Crippen molar-refractivity contribution in [1.82, 2.24) is 5.43 Å². The van der Waals surface area contributed by atoms with Gasteiger partial charge >= 0.3 is 0 Å². The number of rotatable bonds is 3. The number of carbonyl (C=O) groups excluding carboxylic acids is 1. The van der Waals surface area contributed by atoms with Crippen molar-refractivity contribution in [2.24, 2.45) is 5.10 Å². The summed E-state index contributed by atoms with van der Waals surface area (Å²) >= 11 is 0. The van der Waals surface area contributed by atoms with Crippen LogP contribution in [0.3, 0.4) is 0 Å². The molecule has 5 heteroatoms. The molecule has 0 aliphatic carbocycles. The minimum Gasteiger partial charge on any atom is -0.466 e. The molecule has 0 radical (unpaired) electrons. The number of nitrogens with zero attached hydrogens (tertiary/aromatic N) is 1. The molecule has 0 aliphatic rings. The number of nitrogens with one attached hydrogen (secondary N) is 1. The van der Waals surface area contributed by atoms with Gasteiger partial charge in [0.2, 0.25) is 0 Å². The number of amides is 1. The van der Waals surface area contributed by atoms with Crippen LogP contribution in [0, 0.1) is 19.7 Å². The molecular weight excluding hydrogens is 259 g/mol. The molecule has 0 aliphatic heterocycles. The zero-order chi connectivity index (χ0) is 14.7. The highest BCUT2D eigenvalue weighted by Gasteiger charge is 2.13. The van der Waals surface area contributed by atoms with Gasteiger partial charge in [-0.1, -0.05) is 18.2 Å². The van der Waals surface area contributed by atoms with E-state index in [1.807, 2.05) is 0 Å². The molecule has 1 amide bonds. The Balaban J connectivity index is 2.15. The van der Waals surface area contributed by atoms with Crippen molar-refractivity contribution in [3.63, 3.8) is 0 Å². The lowest BCUT2D eigenvalue weighted by atomic mass is 10.1. The van der Waals surface area contributed by atoms with Crippen LogP contribution < -0.4 is 5.43 Å². The van der Waals surface area contributed by atoms with Gasteiger partial charge in [0.25, 0.3) is 5.91 Å². The van der Waals surface area contributed by atoms with Gasteiger partial charge in [-0.3, -0.25) is 4.79 Å². The van der Waals surface area contributed by atoms with Crippen molar-refractivity contribution in [2.75, 3.05) is 0 Å². The van der Waals surface area contributed by atoms with E-state index in [1.165, 1.54) is 6.07 Å². The monoisotopic (exact) mass is 274 g/mol. The first-order chi connectivity index (χ1) is 9.49. The standard InChI is InChI=1S/C15H15FN2O2/c1-9-8-13(11(3)20-9)15(19)18-17-10(2)12-6-4-5-7-14(12)16/h4-8H,1-3H3,(H,18,19). The molecule has 0 atom stereocenters. The van der Waals surface area contributed by atoms with Crippen LogP contribution in [0.15, 0.2) is 39.9 Å². The number of aryl methyl sites for hydroxylation is 2. The Morgan fingerprint density at radius 1 is 1.25 bits per heavy atom. The maximum Gasteiger partial charge on any atom is 0.274 e. The lowest BCUT2D eigenvalue weighted by Gasteiger charge is -2.03. The van der Waals surface area contributed by atoms with Gasteiger partial charge in [0.1, 0.15) is 17.3 Å². The van der Waals surface area contributed by atoms with Gasteiger partial charge in [-0.2, -0.15) is 5.10 Å². The number of furan rings is 1. The average Bonchev–Trinajstić information content (AvgIpc) is 2.75. The van der Waals surface area contributed by atoms with E-state index in [0.717, 1.165) is 0 Å². The highest BCUT2D eigenvalue weighted by Crippen LogP contribution is 2.13. The summed E-state index contributed by atoms with van der Waals surface area (Å²) in [6.45, 7) is 5.10. The second-order valence-corrected chi connectivity index (χ2v) is 4.44. The molecule has 0 fully saturated rings. The molecule has 0 saturated carbocycles. The predicted octanol–water partition coefficient (Wildman–Crippen LogP) is 3.19. The smallest absolute Gasteiger partial charge is 0.274 e. The Bertz CT molecular complexity index is 674. The quantitative estimate of drug-likeness (QED) is 0.690. The normalized spacial score (nSPS) is 11.5. The third kappa shape index (κ3) is 2.93. The van der Waals surface area contributed by atoms with Crippen LogP contribution in [0.25, 0.3) is 0 Å². The molecule has 1 aromatic carbocycles. The van der Waals surface area contributed by atoms with Crippen molar-refractivity contribution in [2.45, 2.75) is 20.8 Å². The van der Waals surface area contributed by atoms with E-state index in [4.69, 9.17) is 4.42 Å². The van der Waals surface area contributed by atoms with E-state index < -0.39 is 0 Å². The Kier molecular flexibility index (Phi) is 3.98. The van der Waals surface area contributed by atoms with Crippen molar-refractivity contribution in [1.29, 1.82) is 0 Å². The predicted molar refractivity (Wildman–Crippen MR) is 74.3 cm³/mol. The van der Waals surface area contributed by atoms with Crippen LogP contribution in [0.4, 0.5) is 4.39 Å². The Morgan fingerprint density at radius 2 is 1.95 bits per heavy atom. The molecule has 0 saturated heterocycles. The van der Waals surface area contributed by atoms with Gasteiger partial charge in [-0.25, -0.2) is 9.82 Å². The number of benzene rings is 1. The van der Waals surface area contributed by atoms with Crippen LogP contribution in [0.5, 0.6) is 0 Å². The van der Waals surface area contributed by atoms with Crippen molar-refractivity contribution in [3.05, 3.63) is 58.8 Å². The summed E-state index contributed by atoms with van der Waals surface area (Å²) in [5.41, 5.74) is 3.58. The SMILES string of the molecule is CC(=NNC(=O)c1cc(C)oc1C)c1ccccc1F. The highest BCUT2D eigenvalue weighted by atomic mass is 19.1. The van der Waals surface area contributed by atoms with E-state index >= 15 is 0 Å². The molecule has 20 heavy (non-hydrogen) atoms. The number of hydrogen-bond acceptors (Lipinski definition) is 3. The van der Waals surface area contributed by atoms with Gasteiger partial charge in [0.15, 0.2) is 0 Å². The summed E-state index contributed by atoms with van der Waals surface area (Å²) in [6, 6.07) is 7.90. The van der Waals surface area contributed by atoms with E-state index in [9.17, 15) is 9.18 Å². The van der Waals surface area contributed by atoms with Gasteiger partial charge in [-0.05, 0) is 32.9 Å². The van der Waals surface area contributed by atoms with E-state index in [2.05, 4.69) is 10.5 Å². The fraction of sp³-hybridized carbons (Fsp3) is 0.200. The Hall–Kier alpha value is -2.43. The summed E-state index contributed by atoms with van der Waals surface area (Å²) in [7, 11) is 0. The third-order valence-corrected chi connectivity index (χ3v) is 2.87. The fourth-order valence-electron chi connectivity index (χ4n) is 1.87. The first-order valence-corrected chi connectivity index (χ1v) is 6.15. The van der Waals surface area contributed by atoms with Gasteiger partial charge < -0.3 is 4.42 Å². The zero-order valence-electron chi connectivity index (χ0n) is 11.5. The topological polar surface area (TPSA) is 54.6 Å². The lowest BCUT2D eigenvalue weighted by molar-refractivity contribution is 0.0953. The average molecular weight is 274 g/mol. The first-order valence-electron chi connectivity index (χ1n) is 6.15. The molecule has 4 nitrogen and oxygen atoms in total. The molecule has 2 aromatic rings. The molecule has 1 N–H and O–H groups in total. The van der Waals surface area contributed by atoms with Crippen LogP contribution >= 0.6 is 0 Å². The van der Waals surface area contributed by atoms with Gasteiger partial charge in [0.05, 0.1) is 11.3 Å². The van der Waals surface area contributed by atoms with E-state index in [0.29, 0.717) is 28.4 Å². The fourth-order valence-corrected chi connectivity index (χ4v) is 1.87. The summed E-state index contributed by atoms with van der Waals surface area (Å²) in [5, 5.41) is 3.92. The van der Waals surface area contributed by atoms with Crippen LogP contribution in [0.2, 0.25) is 0 Å². The maximum atomic E-state index is 13.5. The zero-order valence-corrected chi connectivity index (χ0v) is 11.5. The van der Waals surface area contributed by atoms with Gasteiger partial charge in [-0.15, -0.1) is 0 Å². The summed E-state index contributed by atoms with van der Waals surface area (Å²) < 4.78 is 18.8. The van der Waals surface area contributed by atoms with E-state index in [1.54, 1.807) is 45.0 Å². The minimum absolute atomic E-state index is 0.355. The van der Waals surface area contributed by atoms with Crippen LogP contribution in [-0.4, -0.2) is 11.6 Å². The largest absolute Gasteiger partial charge is 0.466 e. The van der Waals surface area contributed by atoms with Crippen molar-refractivity contribution < 1.29 is 13.6 Å². The highest BCUT2D eigenvalue weighted by molar-refractivity contribution is 6.01. The van der Waals surface area contributed by atoms with Crippen LogP contribution in [-0.2, 0) is 0 Å². The first kappa shape index (κ1) is 14.0. The Labute approximate surface area is 116 Å². The van der Waals surface area contributed by atoms with Crippen molar-refractivity contribution >= 4 is 11.6 Å². The summed E-state index contributed by atoms with van der Waals surface area (Å²) in [4.78, 5) is 11.9. The summed E-state index contributed by atoms with van der Waals surface area (Å²) in [5.74, 6) is 0.426. The summed E-state index contributed by atoms with van der Waals surface area (Å²) in [6.07, 6.45) is 0. The number of carbonyl (C=O) groups is 1. The second kappa shape index (κ2) is 5.69. The Morgan fingerprint density at radius 3 is 2.55 bits per heavy atom. The molecule has 2 rings (SSSR count). The minimum atomic E-state index is -0.380. The molecule has 1 heterocycles. The lowest BCUT2D eigenvalue weighted by Crippen LogP contribution is -2.19. The van der Waals surface area contributed by atoms with Crippen LogP contribution in [0.1, 0.15) is 34.4 Å². The maximum absolute atomic E-state index is 13.5. The number of hydrazone groups is 1. The number of hydrogen-bond donors (Lipinski definition) is 1. The van der Waals surface area contributed by atoms with Gasteiger partial charge in [0, 0.05) is 5.56 Å². The molecule has 104 valence electrons. The third-order valence-electron chi connectivity index (χ3n) is 2.87. The number of halogens is 1. The van der Waals surface area contributed by atoms with E-state index in [-0.39, 0.29) is 11.7 Å². The molecule has 0 unspecified atom stereocenters. The molecule has 0 bridgehead atoms. The molecular formula is C15H15FN2O2.